The Bertz CT molecular complexity index is 228. The molecule has 1 atom stereocenters. The third kappa shape index (κ3) is 3.37. The van der Waals surface area contributed by atoms with E-state index in [9.17, 15) is 4.79 Å². The Balaban J connectivity index is 4.70. The summed E-state index contributed by atoms with van der Waals surface area (Å²) in [5.41, 5.74) is 0.553. The van der Waals surface area contributed by atoms with Crippen LogP contribution in [0.5, 0.6) is 0 Å². The number of nitrogens with zero attached hydrogens (tertiary/aromatic N) is 1. The summed E-state index contributed by atoms with van der Waals surface area (Å²) in [4.78, 5) is 11.2. The number of nitrogens with one attached hydrogen (secondary N) is 1. The van der Waals surface area contributed by atoms with Crippen molar-refractivity contribution in [3.05, 3.63) is 10.1 Å². The second-order valence-electron chi connectivity index (χ2n) is 2.83. The fourth-order valence-corrected chi connectivity index (χ4v) is 1.43. The molecule has 0 aromatic carbocycles. The Labute approximate surface area is 86.0 Å². The molecule has 13 heavy (non-hydrogen) atoms. The van der Waals surface area contributed by atoms with E-state index in [1.165, 1.54) is 5.01 Å². The number of aliphatic hydroxyl groups is 1. The SMILES string of the molecule is CNC(=O)/C(C)=[C](/[AlH2])N(N)C(C)O. The zero-order valence-corrected chi connectivity index (χ0v) is 10.5. The van der Waals surface area contributed by atoms with Crippen molar-refractivity contribution in [1.82, 2.24) is 10.3 Å². The number of hydrogen-bond acceptors (Lipinski definition) is 4. The molecule has 0 bridgehead atoms. The third-order valence-corrected chi connectivity index (χ3v) is 3.17. The lowest BCUT2D eigenvalue weighted by molar-refractivity contribution is -0.117. The van der Waals surface area contributed by atoms with Crippen molar-refractivity contribution >= 4 is 22.2 Å². The van der Waals surface area contributed by atoms with Gasteiger partial charge in [-0.15, -0.1) is 0 Å². The van der Waals surface area contributed by atoms with Gasteiger partial charge in [-0.3, -0.25) is 4.79 Å². The Morgan fingerprint density at radius 2 is 2.15 bits per heavy atom. The second kappa shape index (κ2) is 5.25. The number of amides is 1. The predicted molar refractivity (Wildman–Crippen MR) is 53.0 cm³/mol. The number of carbonyl (C=O) groups excluding carboxylic acids is 1. The van der Waals surface area contributed by atoms with Crippen molar-refractivity contribution < 1.29 is 9.90 Å². The number of nitrogens with two attached hydrogens (primary N) is 1. The summed E-state index contributed by atoms with van der Waals surface area (Å²) >= 11 is 0.617. The number of hydrazine groups is 1. The molecule has 6 heteroatoms. The van der Waals surface area contributed by atoms with Gasteiger partial charge < -0.3 is 15.4 Å². The molecular weight excluding hydrogens is 185 g/mol. The van der Waals surface area contributed by atoms with Crippen molar-refractivity contribution in [2.45, 2.75) is 20.1 Å². The Kier molecular flexibility index (Phi) is 5.03. The molecule has 0 heterocycles. The van der Waals surface area contributed by atoms with Gasteiger partial charge in [0.2, 0.25) is 5.91 Å². The van der Waals surface area contributed by atoms with Crippen LogP contribution < -0.4 is 11.2 Å². The third-order valence-electron chi connectivity index (χ3n) is 1.90. The number of rotatable bonds is 3. The first-order valence-corrected chi connectivity index (χ1v) is 5.03. The molecule has 1 unspecified atom stereocenters. The first kappa shape index (κ1) is 12.5. The number of hydrogen-bond donors (Lipinski definition) is 3. The van der Waals surface area contributed by atoms with Gasteiger partial charge in [-0.05, 0) is 18.4 Å². The van der Waals surface area contributed by atoms with Gasteiger partial charge in [-0.1, -0.05) is 0 Å². The standard InChI is InChI=1S/C7H14N3O2.Al.2H/c1-5(7(12)9-3)4-10(8)6(2)11;;;/h6,11H,8H2,1-3H3,(H,9,12);;;. The van der Waals surface area contributed by atoms with Crippen molar-refractivity contribution in [1.29, 1.82) is 0 Å². The van der Waals surface area contributed by atoms with Crippen LogP contribution in [0.2, 0.25) is 0 Å². The number of carbonyl (C=O) groups is 1. The zero-order chi connectivity index (χ0) is 10.6. The lowest BCUT2D eigenvalue weighted by Crippen LogP contribution is -2.40. The van der Waals surface area contributed by atoms with Crippen LogP contribution in [0.3, 0.4) is 0 Å². The van der Waals surface area contributed by atoms with Gasteiger partial charge >= 0.3 is 0 Å². The van der Waals surface area contributed by atoms with E-state index in [1.807, 2.05) is 0 Å². The number of likely N-dealkylation sites (N-methyl/N-ethyl adjacent to an activating group) is 1. The molecular formula is C7H16AlN3O2. The van der Waals surface area contributed by atoms with Crippen molar-refractivity contribution in [2.75, 3.05) is 7.05 Å². The Morgan fingerprint density at radius 1 is 1.69 bits per heavy atom. The Hall–Kier alpha value is -0.538. The first-order valence-electron chi connectivity index (χ1n) is 4.03. The van der Waals surface area contributed by atoms with Crippen LogP contribution in [0, 0.1) is 0 Å². The maximum Gasteiger partial charge on any atom is 0.289 e. The Morgan fingerprint density at radius 3 is 2.46 bits per heavy atom. The molecule has 5 nitrogen and oxygen atoms in total. The molecule has 0 saturated carbocycles. The van der Waals surface area contributed by atoms with Crippen LogP contribution in [0.1, 0.15) is 13.8 Å². The molecule has 0 rings (SSSR count). The molecule has 0 aromatic rings. The highest BCUT2D eigenvalue weighted by Crippen LogP contribution is 2.04. The quantitative estimate of drug-likeness (QED) is 0.164. The zero-order valence-electron chi connectivity index (χ0n) is 8.46. The first-order chi connectivity index (χ1) is 5.91. The molecule has 0 aliphatic carbocycles. The average molecular weight is 201 g/mol. The van der Waals surface area contributed by atoms with E-state index in [0.717, 1.165) is 0 Å². The summed E-state index contributed by atoms with van der Waals surface area (Å²) in [5, 5.41) is 12.9. The van der Waals surface area contributed by atoms with Crippen LogP contribution in [0.15, 0.2) is 10.1 Å². The van der Waals surface area contributed by atoms with E-state index in [-0.39, 0.29) is 5.91 Å². The molecule has 74 valence electrons. The fourth-order valence-electron chi connectivity index (χ4n) is 0.826. The van der Waals surface area contributed by atoms with Crippen LogP contribution >= 0.6 is 0 Å². The van der Waals surface area contributed by atoms with Crippen molar-refractivity contribution in [2.24, 2.45) is 5.84 Å². The molecule has 0 aliphatic rings. The summed E-state index contributed by atoms with van der Waals surface area (Å²) in [6, 6.07) is 0. The van der Waals surface area contributed by atoms with Gasteiger partial charge in [0.1, 0.15) is 6.23 Å². The highest BCUT2D eigenvalue weighted by atomic mass is 27.0. The normalized spacial score (nSPS) is 14.5. The van der Waals surface area contributed by atoms with Gasteiger partial charge in [0.25, 0.3) is 16.3 Å². The van der Waals surface area contributed by atoms with Crippen LogP contribution in [-0.4, -0.2) is 45.6 Å². The second-order valence-corrected chi connectivity index (χ2v) is 3.78. The van der Waals surface area contributed by atoms with Gasteiger partial charge in [0.05, 0.1) is 0 Å². The maximum atomic E-state index is 11.2. The van der Waals surface area contributed by atoms with Gasteiger partial charge in [0.15, 0.2) is 0 Å². The summed E-state index contributed by atoms with van der Waals surface area (Å²) in [7, 11) is 1.56. The molecule has 0 aromatic heterocycles. The van der Waals surface area contributed by atoms with Crippen LogP contribution in [-0.2, 0) is 4.79 Å². The van der Waals surface area contributed by atoms with E-state index in [2.05, 4.69) is 5.32 Å². The monoisotopic (exact) mass is 201 g/mol. The molecule has 0 radical (unpaired) electrons. The highest BCUT2D eigenvalue weighted by Gasteiger charge is 2.11. The molecule has 0 aliphatic heterocycles. The molecule has 0 saturated heterocycles. The van der Waals surface area contributed by atoms with Crippen LogP contribution in [0.25, 0.3) is 0 Å². The lowest BCUT2D eigenvalue weighted by atomic mass is 10.3. The summed E-state index contributed by atoms with van der Waals surface area (Å²) in [5.74, 6) is 5.37. The maximum absolute atomic E-state index is 11.2. The molecule has 0 fully saturated rings. The fraction of sp³-hybridized carbons (Fsp3) is 0.571. The van der Waals surface area contributed by atoms with E-state index >= 15 is 0 Å². The van der Waals surface area contributed by atoms with Crippen LogP contribution in [0.4, 0.5) is 0 Å². The summed E-state index contributed by atoms with van der Waals surface area (Å²) in [6.45, 7) is 3.23. The smallest absolute Gasteiger partial charge is 0.289 e. The van der Waals surface area contributed by atoms with E-state index < -0.39 is 6.23 Å². The highest BCUT2D eigenvalue weighted by molar-refractivity contribution is 6.24. The topological polar surface area (TPSA) is 78.6 Å². The van der Waals surface area contributed by atoms with Gasteiger partial charge in [-0.25, -0.2) is 5.84 Å². The minimum Gasteiger partial charge on any atom is -0.373 e. The van der Waals surface area contributed by atoms with Gasteiger partial charge in [0, 0.05) is 12.6 Å². The van der Waals surface area contributed by atoms with Crippen molar-refractivity contribution in [3.63, 3.8) is 0 Å². The predicted octanol–water partition coefficient (Wildman–Crippen LogP) is -1.89. The van der Waals surface area contributed by atoms with E-state index in [1.54, 1.807) is 20.9 Å². The van der Waals surface area contributed by atoms with E-state index in [4.69, 9.17) is 10.9 Å². The average Bonchev–Trinajstić information content (AvgIpc) is 2.12. The summed E-state index contributed by atoms with van der Waals surface area (Å²) < 4.78 is 0.689. The molecule has 1 amide bonds. The minimum atomic E-state index is -0.771. The molecule has 0 spiro atoms. The van der Waals surface area contributed by atoms with E-state index in [0.29, 0.717) is 26.4 Å². The number of aliphatic hydroxyl groups excluding tert-OH is 1. The van der Waals surface area contributed by atoms with Crippen molar-refractivity contribution in [3.8, 4) is 0 Å². The largest absolute Gasteiger partial charge is 0.373 e. The minimum absolute atomic E-state index is 0.166. The molecule has 4 N–H and O–H groups in total. The lowest BCUT2D eigenvalue weighted by Gasteiger charge is -2.24. The summed E-state index contributed by atoms with van der Waals surface area (Å²) in [6.07, 6.45) is -0.771. The van der Waals surface area contributed by atoms with Gasteiger partial charge in [-0.2, -0.15) is 0 Å².